The van der Waals surface area contributed by atoms with Crippen LogP contribution in [0.15, 0.2) is 23.2 Å². The second-order valence-corrected chi connectivity index (χ2v) is 6.25. The molecule has 2 N–H and O–H groups in total. The molecule has 23 heavy (non-hydrogen) atoms. The number of aliphatic imine (C=N–C) groups is 1. The monoisotopic (exact) mass is 319 g/mol. The van der Waals surface area contributed by atoms with Crippen molar-refractivity contribution in [1.29, 1.82) is 0 Å². The van der Waals surface area contributed by atoms with E-state index in [1.54, 1.807) is 14.2 Å². The molecule has 1 aromatic rings. The molecule has 1 aliphatic rings. The van der Waals surface area contributed by atoms with Gasteiger partial charge in [-0.3, -0.25) is 4.99 Å². The minimum Gasteiger partial charge on any atom is -0.493 e. The third-order valence-electron chi connectivity index (χ3n) is 4.28. The highest BCUT2D eigenvalue weighted by Crippen LogP contribution is 2.28. The molecule has 1 heterocycles. The summed E-state index contributed by atoms with van der Waals surface area (Å²) in [5.41, 5.74) is 7.34. The predicted molar refractivity (Wildman–Crippen MR) is 94.3 cm³/mol. The van der Waals surface area contributed by atoms with Gasteiger partial charge in [-0.25, -0.2) is 0 Å². The fourth-order valence-electron chi connectivity index (χ4n) is 2.95. The smallest absolute Gasteiger partial charge is 0.191 e. The summed E-state index contributed by atoms with van der Waals surface area (Å²) in [5, 5.41) is 0. The van der Waals surface area contributed by atoms with Gasteiger partial charge in [-0.2, -0.15) is 0 Å². The van der Waals surface area contributed by atoms with E-state index < -0.39 is 0 Å². The second kappa shape index (κ2) is 8.65. The summed E-state index contributed by atoms with van der Waals surface area (Å²) in [5.74, 6) is 2.66. The molecular formula is C18H29N3O2. The molecule has 0 amide bonds. The number of likely N-dealkylation sites (tertiary alicyclic amines) is 1. The van der Waals surface area contributed by atoms with Gasteiger partial charge >= 0.3 is 0 Å². The molecule has 0 aliphatic carbocycles. The van der Waals surface area contributed by atoms with Crippen LogP contribution in [0.5, 0.6) is 11.5 Å². The first kappa shape index (κ1) is 17.4. The molecular weight excluding hydrogens is 290 g/mol. The molecule has 0 spiro atoms. The average molecular weight is 319 g/mol. The van der Waals surface area contributed by atoms with Gasteiger partial charge in [0.15, 0.2) is 17.5 Å². The Labute approximate surface area is 139 Å². The Balaban J connectivity index is 1.90. The van der Waals surface area contributed by atoms with E-state index in [0.29, 0.717) is 11.9 Å². The highest BCUT2D eigenvalue weighted by molar-refractivity contribution is 5.78. The van der Waals surface area contributed by atoms with Gasteiger partial charge in [0.1, 0.15) is 0 Å². The maximum absolute atomic E-state index is 6.11. The zero-order valence-electron chi connectivity index (χ0n) is 14.5. The number of ether oxygens (including phenoxy) is 2. The zero-order valence-corrected chi connectivity index (χ0v) is 14.5. The van der Waals surface area contributed by atoms with Gasteiger partial charge in [0.25, 0.3) is 0 Å². The number of methoxy groups -OCH3 is 2. The number of nitrogens with two attached hydrogens (primary N) is 1. The van der Waals surface area contributed by atoms with Crippen LogP contribution in [0, 0.1) is 5.92 Å². The van der Waals surface area contributed by atoms with Crippen molar-refractivity contribution in [2.75, 3.05) is 33.9 Å². The quantitative estimate of drug-likeness (QED) is 0.647. The number of nitrogens with zero attached hydrogens (tertiary/aromatic N) is 2. The van der Waals surface area contributed by atoms with Crippen molar-refractivity contribution < 1.29 is 9.47 Å². The van der Waals surface area contributed by atoms with Gasteiger partial charge in [-0.15, -0.1) is 0 Å². The number of piperidine rings is 1. The highest BCUT2D eigenvalue weighted by atomic mass is 16.5. The largest absolute Gasteiger partial charge is 0.493 e. The summed E-state index contributed by atoms with van der Waals surface area (Å²) >= 11 is 0. The van der Waals surface area contributed by atoms with E-state index in [1.807, 2.05) is 12.1 Å². The van der Waals surface area contributed by atoms with E-state index in [0.717, 1.165) is 37.6 Å². The summed E-state index contributed by atoms with van der Waals surface area (Å²) in [7, 11) is 3.31. The summed E-state index contributed by atoms with van der Waals surface area (Å²) < 4.78 is 10.6. The lowest BCUT2D eigenvalue weighted by atomic mass is 10.0. The van der Waals surface area contributed by atoms with Crippen LogP contribution in [-0.4, -0.2) is 44.7 Å². The summed E-state index contributed by atoms with van der Waals surface area (Å²) in [6.45, 7) is 5.03. The lowest BCUT2D eigenvalue weighted by molar-refractivity contribution is 0.337. The molecule has 2 rings (SSSR count). The third-order valence-corrected chi connectivity index (χ3v) is 4.28. The molecule has 1 fully saturated rings. The van der Waals surface area contributed by atoms with Gasteiger partial charge in [-0.1, -0.05) is 13.0 Å². The van der Waals surface area contributed by atoms with Crippen molar-refractivity contribution >= 4 is 5.96 Å². The Hall–Kier alpha value is -1.91. The normalized spacial score (nSPS) is 17.0. The average Bonchev–Trinajstić information content (AvgIpc) is 2.60. The number of hydrogen-bond donors (Lipinski definition) is 1. The molecule has 1 unspecified atom stereocenters. The Morgan fingerprint density at radius 1 is 1.17 bits per heavy atom. The second-order valence-electron chi connectivity index (χ2n) is 6.25. The van der Waals surface area contributed by atoms with Crippen LogP contribution in [-0.2, 0) is 6.42 Å². The Morgan fingerprint density at radius 3 is 2.52 bits per heavy atom. The van der Waals surface area contributed by atoms with Gasteiger partial charge in [0, 0.05) is 19.6 Å². The molecule has 128 valence electrons. The molecule has 5 nitrogen and oxygen atoms in total. The van der Waals surface area contributed by atoms with Gasteiger partial charge in [0.2, 0.25) is 0 Å². The van der Waals surface area contributed by atoms with Crippen LogP contribution in [0.25, 0.3) is 0 Å². The lowest BCUT2D eigenvalue weighted by Gasteiger charge is -2.27. The molecule has 1 atom stereocenters. The van der Waals surface area contributed by atoms with Crippen LogP contribution >= 0.6 is 0 Å². The van der Waals surface area contributed by atoms with E-state index in [2.05, 4.69) is 22.9 Å². The van der Waals surface area contributed by atoms with Crippen molar-refractivity contribution in [3.8, 4) is 11.5 Å². The topological polar surface area (TPSA) is 60.1 Å². The van der Waals surface area contributed by atoms with Gasteiger partial charge in [-0.05, 0) is 49.3 Å². The predicted octanol–water partition coefficient (Wildman–Crippen LogP) is 2.68. The molecule has 0 bridgehead atoms. The summed E-state index contributed by atoms with van der Waals surface area (Å²) in [6.07, 6.45) is 4.69. The Morgan fingerprint density at radius 2 is 1.87 bits per heavy atom. The number of benzene rings is 1. The number of rotatable bonds is 6. The fraction of sp³-hybridized carbons (Fsp3) is 0.611. The van der Waals surface area contributed by atoms with Crippen LogP contribution in [0.4, 0.5) is 0 Å². The lowest BCUT2D eigenvalue weighted by Crippen LogP contribution is -2.41. The van der Waals surface area contributed by atoms with E-state index in [9.17, 15) is 0 Å². The first-order chi connectivity index (χ1) is 11.1. The van der Waals surface area contributed by atoms with Crippen molar-refractivity contribution in [2.24, 2.45) is 16.6 Å². The molecule has 1 saturated heterocycles. The van der Waals surface area contributed by atoms with Gasteiger partial charge in [0.05, 0.1) is 14.2 Å². The standard InChI is InChI=1S/C18H29N3O2/c1-14(13-20-18(19)21-9-5-4-6-10-21)11-15-7-8-16(22-2)17(12-15)23-3/h7-8,12,14H,4-6,9-11,13H2,1-3H3,(H2,19,20). The van der Waals surface area contributed by atoms with Crippen molar-refractivity contribution in [3.63, 3.8) is 0 Å². The highest BCUT2D eigenvalue weighted by Gasteiger charge is 2.13. The number of hydrogen-bond acceptors (Lipinski definition) is 3. The van der Waals surface area contributed by atoms with Gasteiger partial charge < -0.3 is 20.1 Å². The fourth-order valence-corrected chi connectivity index (χ4v) is 2.95. The molecule has 0 aromatic heterocycles. The third kappa shape index (κ3) is 5.05. The summed E-state index contributed by atoms with van der Waals surface area (Å²) in [4.78, 5) is 6.79. The minimum atomic E-state index is 0.427. The Bertz CT molecular complexity index is 525. The van der Waals surface area contributed by atoms with E-state index in [-0.39, 0.29) is 0 Å². The first-order valence-electron chi connectivity index (χ1n) is 8.39. The van der Waals surface area contributed by atoms with Crippen LogP contribution in [0.3, 0.4) is 0 Å². The van der Waals surface area contributed by atoms with E-state index >= 15 is 0 Å². The van der Waals surface area contributed by atoms with Crippen LogP contribution < -0.4 is 15.2 Å². The maximum Gasteiger partial charge on any atom is 0.191 e. The molecule has 0 radical (unpaired) electrons. The van der Waals surface area contributed by atoms with Crippen LogP contribution in [0.2, 0.25) is 0 Å². The number of guanidine groups is 1. The molecule has 1 aromatic carbocycles. The van der Waals surface area contributed by atoms with Crippen molar-refractivity contribution in [1.82, 2.24) is 4.90 Å². The molecule has 5 heteroatoms. The van der Waals surface area contributed by atoms with E-state index in [1.165, 1.54) is 24.8 Å². The van der Waals surface area contributed by atoms with Crippen LogP contribution in [0.1, 0.15) is 31.7 Å². The van der Waals surface area contributed by atoms with Crippen molar-refractivity contribution in [2.45, 2.75) is 32.6 Å². The zero-order chi connectivity index (χ0) is 16.7. The molecule has 0 saturated carbocycles. The van der Waals surface area contributed by atoms with E-state index in [4.69, 9.17) is 15.2 Å². The van der Waals surface area contributed by atoms with Crippen molar-refractivity contribution in [3.05, 3.63) is 23.8 Å². The SMILES string of the molecule is COc1ccc(CC(C)CN=C(N)N2CCCCC2)cc1OC. The maximum atomic E-state index is 6.11. The first-order valence-corrected chi connectivity index (χ1v) is 8.39. The summed E-state index contributed by atoms with van der Waals surface area (Å²) in [6, 6.07) is 6.06. The minimum absolute atomic E-state index is 0.427. The Kier molecular flexibility index (Phi) is 6.56. The molecule has 1 aliphatic heterocycles.